The number of nitrogens with zero attached hydrogens (tertiary/aromatic N) is 2. The van der Waals surface area contributed by atoms with Gasteiger partial charge in [-0.15, -0.1) is 0 Å². The smallest absolute Gasteiger partial charge is 0.224 e. The Kier molecular flexibility index (Phi) is 5.39. The molecule has 3 rings (SSSR count). The number of hydrogen-bond acceptors (Lipinski definition) is 2. The van der Waals surface area contributed by atoms with Crippen molar-refractivity contribution in [3.05, 3.63) is 64.7 Å². The van der Waals surface area contributed by atoms with Crippen molar-refractivity contribution >= 4 is 29.1 Å². The second-order valence-electron chi connectivity index (χ2n) is 6.21. The Bertz CT molecular complexity index is 791. The number of rotatable bonds is 4. The summed E-state index contributed by atoms with van der Waals surface area (Å²) in [4.78, 5) is 28.0. The lowest BCUT2D eigenvalue weighted by molar-refractivity contribution is -0.131. The number of carbonyl (C=O) groups excluding carboxylic acids is 2. The Morgan fingerprint density at radius 1 is 1.08 bits per heavy atom. The van der Waals surface area contributed by atoms with Gasteiger partial charge in [-0.2, -0.15) is 0 Å². The zero-order valence-electron chi connectivity index (χ0n) is 14.2. The lowest BCUT2D eigenvalue weighted by Crippen LogP contribution is -2.39. The molecule has 2 aromatic carbocycles. The number of para-hydroxylation sites is 1. The molecule has 0 unspecified atom stereocenters. The van der Waals surface area contributed by atoms with Crippen LogP contribution in [0, 0.1) is 0 Å². The molecule has 130 valence electrons. The van der Waals surface area contributed by atoms with Crippen LogP contribution < -0.4 is 4.90 Å². The minimum atomic E-state index is -0.120. The van der Waals surface area contributed by atoms with Gasteiger partial charge >= 0.3 is 0 Å². The Hall–Kier alpha value is -2.33. The molecular formula is C20H21ClN2O2. The lowest BCUT2D eigenvalue weighted by Gasteiger charge is -2.30. The Morgan fingerprint density at radius 2 is 1.76 bits per heavy atom. The first kappa shape index (κ1) is 17.5. The summed E-state index contributed by atoms with van der Waals surface area (Å²) in [6.45, 7) is 3.18. The van der Waals surface area contributed by atoms with Gasteiger partial charge < -0.3 is 9.80 Å². The fourth-order valence-electron chi connectivity index (χ4n) is 3.19. The van der Waals surface area contributed by atoms with Crippen molar-refractivity contribution < 1.29 is 9.59 Å². The molecule has 1 aliphatic heterocycles. The van der Waals surface area contributed by atoms with Crippen molar-refractivity contribution in [3.8, 4) is 0 Å². The van der Waals surface area contributed by atoms with Crippen LogP contribution in [-0.4, -0.2) is 29.8 Å². The van der Waals surface area contributed by atoms with E-state index in [2.05, 4.69) is 12.1 Å². The number of halogens is 1. The zero-order valence-corrected chi connectivity index (χ0v) is 15.0. The largest absolute Gasteiger partial charge is 0.338 e. The number of anilines is 1. The van der Waals surface area contributed by atoms with E-state index in [1.807, 2.05) is 29.2 Å². The maximum Gasteiger partial charge on any atom is 0.224 e. The summed E-state index contributed by atoms with van der Waals surface area (Å²) < 4.78 is 0. The minimum absolute atomic E-state index is 0.0628. The third-order valence-electron chi connectivity index (χ3n) is 4.56. The van der Waals surface area contributed by atoms with Crippen LogP contribution in [0.1, 0.15) is 24.5 Å². The quantitative estimate of drug-likeness (QED) is 0.838. The van der Waals surface area contributed by atoms with Crippen LogP contribution in [-0.2, 0) is 22.6 Å². The Morgan fingerprint density at radius 3 is 2.48 bits per heavy atom. The Labute approximate surface area is 153 Å². The predicted octanol–water partition coefficient (Wildman–Crippen LogP) is 3.67. The maximum absolute atomic E-state index is 12.6. The van der Waals surface area contributed by atoms with Gasteiger partial charge in [-0.05, 0) is 29.7 Å². The second kappa shape index (κ2) is 7.70. The van der Waals surface area contributed by atoms with Crippen LogP contribution in [0.15, 0.2) is 48.5 Å². The average Bonchev–Trinajstić information content (AvgIpc) is 2.62. The van der Waals surface area contributed by atoms with Crippen molar-refractivity contribution in [3.63, 3.8) is 0 Å². The molecule has 0 radical (unpaired) electrons. The highest BCUT2D eigenvalue weighted by Gasteiger charge is 2.22. The second-order valence-corrected chi connectivity index (χ2v) is 6.61. The van der Waals surface area contributed by atoms with Gasteiger partial charge in [-0.3, -0.25) is 9.59 Å². The van der Waals surface area contributed by atoms with E-state index >= 15 is 0 Å². The van der Waals surface area contributed by atoms with E-state index in [1.165, 1.54) is 18.1 Å². The number of fused-ring (bicyclic) bond motifs is 1. The van der Waals surface area contributed by atoms with E-state index in [4.69, 9.17) is 11.6 Å². The summed E-state index contributed by atoms with van der Waals surface area (Å²) in [7, 11) is 0. The van der Waals surface area contributed by atoms with Crippen LogP contribution in [0.3, 0.4) is 0 Å². The van der Waals surface area contributed by atoms with Gasteiger partial charge in [0.1, 0.15) is 0 Å². The standard InChI is InChI=1S/C20H21ClN2O2/c1-15(24)23(19-9-5-4-8-18(19)21)13-11-20(25)22-12-10-16-6-2-3-7-17(16)14-22/h2-9H,10-14H2,1H3. The van der Waals surface area contributed by atoms with Gasteiger partial charge in [0.2, 0.25) is 11.8 Å². The van der Waals surface area contributed by atoms with Crippen molar-refractivity contribution in [1.29, 1.82) is 0 Å². The fourth-order valence-corrected chi connectivity index (χ4v) is 3.43. The number of hydrogen-bond donors (Lipinski definition) is 0. The van der Waals surface area contributed by atoms with E-state index in [-0.39, 0.29) is 18.2 Å². The molecule has 1 aliphatic rings. The van der Waals surface area contributed by atoms with Crippen LogP contribution in [0.2, 0.25) is 5.02 Å². The molecule has 1 heterocycles. The van der Waals surface area contributed by atoms with Crippen molar-refractivity contribution in [2.75, 3.05) is 18.0 Å². The average molecular weight is 357 g/mol. The summed E-state index contributed by atoms with van der Waals surface area (Å²) in [6, 6.07) is 15.4. The first-order chi connectivity index (χ1) is 12.1. The molecule has 5 heteroatoms. The van der Waals surface area contributed by atoms with Crippen molar-refractivity contribution in [1.82, 2.24) is 4.90 Å². The first-order valence-electron chi connectivity index (χ1n) is 8.43. The van der Waals surface area contributed by atoms with Gasteiger partial charge in [0.25, 0.3) is 0 Å². The molecule has 0 spiro atoms. The lowest BCUT2D eigenvalue weighted by atomic mass is 10.00. The highest BCUT2D eigenvalue weighted by Crippen LogP contribution is 2.26. The van der Waals surface area contributed by atoms with E-state index in [0.29, 0.717) is 23.8 Å². The third-order valence-corrected chi connectivity index (χ3v) is 4.88. The SMILES string of the molecule is CC(=O)N(CCC(=O)N1CCc2ccccc2C1)c1ccccc1Cl. The number of amides is 2. The van der Waals surface area contributed by atoms with E-state index < -0.39 is 0 Å². The molecule has 0 saturated carbocycles. The molecule has 0 bridgehead atoms. The zero-order chi connectivity index (χ0) is 17.8. The summed E-state index contributed by atoms with van der Waals surface area (Å²) in [6.07, 6.45) is 1.16. The van der Waals surface area contributed by atoms with Gasteiger partial charge in [-0.25, -0.2) is 0 Å². The highest BCUT2D eigenvalue weighted by molar-refractivity contribution is 6.33. The van der Waals surface area contributed by atoms with Crippen LogP contribution in [0.25, 0.3) is 0 Å². The van der Waals surface area contributed by atoms with Gasteiger partial charge in [0.15, 0.2) is 0 Å². The van der Waals surface area contributed by atoms with Gasteiger partial charge in [0.05, 0.1) is 10.7 Å². The van der Waals surface area contributed by atoms with Crippen LogP contribution in [0.4, 0.5) is 5.69 Å². The molecule has 0 N–H and O–H groups in total. The van der Waals surface area contributed by atoms with Crippen LogP contribution in [0.5, 0.6) is 0 Å². The predicted molar refractivity (Wildman–Crippen MR) is 99.7 cm³/mol. The van der Waals surface area contributed by atoms with E-state index in [9.17, 15) is 9.59 Å². The number of carbonyl (C=O) groups is 2. The fraction of sp³-hybridized carbons (Fsp3) is 0.300. The molecule has 4 nitrogen and oxygen atoms in total. The minimum Gasteiger partial charge on any atom is -0.338 e. The summed E-state index contributed by atoms with van der Waals surface area (Å²) in [5.41, 5.74) is 3.16. The summed E-state index contributed by atoms with van der Waals surface area (Å²) >= 11 is 6.19. The molecule has 25 heavy (non-hydrogen) atoms. The molecule has 0 fully saturated rings. The van der Waals surface area contributed by atoms with Crippen molar-refractivity contribution in [2.45, 2.75) is 26.3 Å². The molecular weight excluding hydrogens is 336 g/mol. The van der Waals surface area contributed by atoms with E-state index in [1.54, 1.807) is 17.0 Å². The van der Waals surface area contributed by atoms with Gasteiger partial charge in [-0.1, -0.05) is 48.0 Å². The molecule has 2 aromatic rings. The van der Waals surface area contributed by atoms with Crippen molar-refractivity contribution in [2.24, 2.45) is 0 Å². The Balaban J connectivity index is 1.65. The first-order valence-corrected chi connectivity index (χ1v) is 8.81. The molecule has 2 amide bonds. The molecule has 0 atom stereocenters. The van der Waals surface area contributed by atoms with Gasteiger partial charge in [0, 0.05) is 33.0 Å². The highest BCUT2D eigenvalue weighted by atomic mass is 35.5. The molecule has 0 saturated heterocycles. The van der Waals surface area contributed by atoms with Crippen LogP contribution >= 0.6 is 11.6 Å². The summed E-state index contributed by atoms with van der Waals surface area (Å²) in [5, 5.41) is 0.511. The summed E-state index contributed by atoms with van der Waals surface area (Å²) in [5.74, 6) is -0.0577. The monoisotopic (exact) mass is 356 g/mol. The number of benzene rings is 2. The van der Waals surface area contributed by atoms with E-state index in [0.717, 1.165) is 13.0 Å². The topological polar surface area (TPSA) is 40.6 Å². The molecule has 0 aromatic heterocycles. The maximum atomic E-state index is 12.6. The third kappa shape index (κ3) is 4.02. The molecule has 0 aliphatic carbocycles. The normalized spacial score (nSPS) is 13.3.